The summed E-state index contributed by atoms with van der Waals surface area (Å²) in [6.45, 7) is 2.56. The largest absolute Gasteiger partial charge is 0.489 e. The molecule has 0 spiro atoms. The smallest absolute Gasteiger partial charge is 0.163 e. The van der Waals surface area contributed by atoms with E-state index in [2.05, 4.69) is 72.2 Å². The van der Waals surface area contributed by atoms with Crippen molar-refractivity contribution in [2.75, 3.05) is 10.6 Å². The van der Waals surface area contributed by atoms with E-state index in [0.29, 0.717) is 13.0 Å². The van der Waals surface area contributed by atoms with Gasteiger partial charge < -0.3 is 15.4 Å². The molecule has 2 N–H and O–H groups in total. The fraction of sp³-hybridized carbons (Fsp3) is 0.182. The molecule has 1 aliphatic carbocycles. The van der Waals surface area contributed by atoms with Crippen LogP contribution in [0.25, 0.3) is 0 Å². The Morgan fingerprint density at radius 2 is 1.49 bits per heavy atom. The van der Waals surface area contributed by atoms with Crippen molar-refractivity contribution in [3.63, 3.8) is 0 Å². The Kier molecular flexibility index (Phi) is 6.23. The standard InChI is InChI=1S/C33H30N2O2/c1-22-15-17-24(18-16-22)25-19-29-32(30(36)20-25)33(35-28-13-7-6-12-27(28)34-29)26-11-5-8-14-31(26)37-21-23-9-3-2-4-10-23/h2-18,25,33-35H,19-21H2,1H3/t25-,33-/m0/s1. The summed E-state index contributed by atoms with van der Waals surface area (Å²) in [6, 6.07) is 34.6. The van der Waals surface area contributed by atoms with Crippen LogP contribution in [0.1, 0.15) is 47.1 Å². The van der Waals surface area contributed by atoms with Crippen molar-refractivity contribution in [3.05, 3.63) is 137 Å². The maximum atomic E-state index is 13.9. The summed E-state index contributed by atoms with van der Waals surface area (Å²) in [5.41, 5.74) is 8.25. The van der Waals surface area contributed by atoms with E-state index in [0.717, 1.165) is 45.9 Å². The molecule has 2 atom stereocenters. The second-order valence-electron chi connectivity index (χ2n) is 9.89. The lowest BCUT2D eigenvalue weighted by molar-refractivity contribution is -0.116. The lowest BCUT2D eigenvalue weighted by atomic mass is 9.78. The van der Waals surface area contributed by atoms with E-state index in [4.69, 9.17) is 4.74 Å². The van der Waals surface area contributed by atoms with Gasteiger partial charge in [0.05, 0.1) is 17.4 Å². The van der Waals surface area contributed by atoms with Gasteiger partial charge >= 0.3 is 0 Å². The van der Waals surface area contributed by atoms with Crippen molar-refractivity contribution in [1.82, 2.24) is 0 Å². The number of benzene rings is 4. The van der Waals surface area contributed by atoms with Gasteiger partial charge in [0.15, 0.2) is 5.78 Å². The Hall–Kier alpha value is -4.31. The number of allylic oxidation sites excluding steroid dienone is 1. The minimum absolute atomic E-state index is 0.148. The predicted octanol–water partition coefficient (Wildman–Crippen LogP) is 7.55. The number of hydrogen-bond acceptors (Lipinski definition) is 4. The molecule has 4 aromatic rings. The van der Waals surface area contributed by atoms with Gasteiger partial charge in [0, 0.05) is 23.3 Å². The molecule has 37 heavy (non-hydrogen) atoms. The number of nitrogens with one attached hydrogen (secondary N) is 2. The summed E-state index contributed by atoms with van der Waals surface area (Å²) < 4.78 is 6.33. The highest BCUT2D eigenvalue weighted by molar-refractivity contribution is 6.01. The van der Waals surface area contributed by atoms with Crippen LogP contribution in [0.5, 0.6) is 5.75 Å². The lowest BCUT2D eigenvalue weighted by Crippen LogP contribution is -2.27. The first-order chi connectivity index (χ1) is 18.2. The molecule has 0 fully saturated rings. The molecule has 0 aromatic heterocycles. The molecule has 1 heterocycles. The molecule has 184 valence electrons. The number of anilines is 2. The molecule has 4 heteroatoms. The molecule has 1 aliphatic heterocycles. The third-order valence-electron chi connectivity index (χ3n) is 7.32. The third kappa shape index (κ3) is 4.75. The van der Waals surface area contributed by atoms with Gasteiger partial charge in [-0.2, -0.15) is 0 Å². The number of carbonyl (C=O) groups excluding carboxylic acids is 1. The number of ether oxygens (including phenoxy) is 1. The maximum absolute atomic E-state index is 13.9. The predicted molar refractivity (Wildman–Crippen MR) is 149 cm³/mol. The van der Waals surface area contributed by atoms with E-state index in [-0.39, 0.29) is 17.7 Å². The number of carbonyl (C=O) groups is 1. The fourth-order valence-electron chi connectivity index (χ4n) is 5.39. The van der Waals surface area contributed by atoms with E-state index in [1.165, 1.54) is 11.1 Å². The molecule has 0 unspecified atom stereocenters. The number of hydrogen-bond donors (Lipinski definition) is 2. The third-order valence-corrected chi connectivity index (χ3v) is 7.32. The van der Waals surface area contributed by atoms with Gasteiger partial charge in [-0.15, -0.1) is 0 Å². The zero-order valence-electron chi connectivity index (χ0n) is 20.9. The van der Waals surface area contributed by atoms with Crippen LogP contribution in [-0.4, -0.2) is 5.78 Å². The second kappa shape index (κ2) is 9.98. The minimum atomic E-state index is -0.315. The van der Waals surface area contributed by atoms with Crippen LogP contribution >= 0.6 is 0 Å². The minimum Gasteiger partial charge on any atom is -0.489 e. The van der Waals surface area contributed by atoms with Crippen LogP contribution in [0.2, 0.25) is 0 Å². The molecular formula is C33H30N2O2. The molecule has 2 aliphatic rings. The van der Waals surface area contributed by atoms with Gasteiger partial charge in [0.2, 0.25) is 0 Å². The van der Waals surface area contributed by atoms with E-state index in [1.807, 2.05) is 48.5 Å². The van der Waals surface area contributed by atoms with Crippen molar-refractivity contribution in [1.29, 1.82) is 0 Å². The summed E-state index contributed by atoms with van der Waals surface area (Å²) in [6.07, 6.45) is 1.27. The first-order valence-corrected chi connectivity index (χ1v) is 12.9. The van der Waals surface area contributed by atoms with Gasteiger partial charge in [0.1, 0.15) is 12.4 Å². The highest BCUT2D eigenvalue weighted by atomic mass is 16.5. The quantitative estimate of drug-likeness (QED) is 0.306. The number of fused-ring (bicyclic) bond motifs is 1. The first-order valence-electron chi connectivity index (χ1n) is 12.9. The number of rotatable bonds is 5. The van der Waals surface area contributed by atoms with Crippen LogP contribution in [0.15, 0.2) is 114 Å². The molecule has 6 rings (SSSR count). The van der Waals surface area contributed by atoms with Crippen LogP contribution < -0.4 is 15.4 Å². The lowest BCUT2D eigenvalue weighted by Gasteiger charge is -2.30. The van der Waals surface area contributed by atoms with Crippen LogP contribution in [0.3, 0.4) is 0 Å². The van der Waals surface area contributed by atoms with Crippen molar-refractivity contribution in [2.45, 2.75) is 38.3 Å². The van der Waals surface area contributed by atoms with E-state index in [1.54, 1.807) is 0 Å². The number of Topliss-reactive ketones (excluding diaryl/α,β-unsaturated/α-hetero) is 1. The van der Waals surface area contributed by atoms with Crippen molar-refractivity contribution < 1.29 is 9.53 Å². The zero-order valence-corrected chi connectivity index (χ0v) is 20.9. The van der Waals surface area contributed by atoms with Crippen LogP contribution in [0.4, 0.5) is 11.4 Å². The summed E-state index contributed by atoms with van der Waals surface area (Å²) in [4.78, 5) is 13.9. The van der Waals surface area contributed by atoms with Gasteiger partial charge in [-0.25, -0.2) is 0 Å². The summed E-state index contributed by atoms with van der Waals surface area (Å²) >= 11 is 0. The highest BCUT2D eigenvalue weighted by Gasteiger charge is 2.37. The molecule has 4 nitrogen and oxygen atoms in total. The zero-order chi connectivity index (χ0) is 25.2. The maximum Gasteiger partial charge on any atom is 0.163 e. The monoisotopic (exact) mass is 486 g/mol. The van der Waals surface area contributed by atoms with E-state index >= 15 is 0 Å². The molecule has 0 radical (unpaired) electrons. The molecule has 0 saturated carbocycles. The Morgan fingerprint density at radius 1 is 0.784 bits per heavy atom. The average Bonchev–Trinajstić information content (AvgIpc) is 3.10. The first kappa shape index (κ1) is 23.1. The Balaban J connectivity index is 1.40. The normalized spacial score (nSPS) is 18.7. The van der Waals surface area contributed by atoms with Crippen molar-refractivity contribution >= 4 is 17.2 Å². The molecule has 0 saturated heterocycles. The van der Waals surface area contributed by atoms with Crippen molar-refractivity contribution in [3.8, 4) is 5.75 Å². The van der Waals surface area contributed by atoms with Crippen LogP contribution in [0, 0.1) is 6.92 Å². The average molecular weight is 487 g/mol. The Morgan fingerprint density at radius 3 is 2.30 bits per heavy atom. The second-order valence-corrected chi connectivity index (χ2v) is 9.89. The van der Waals surface area contributed by atoms with Crippen LogP contribution in [-0.2, 0) is 11.4 Å². The summed E-state index contributed by atoms with van der Waals surface area (Å²) in [5, 5.41) is 7.32. The van der Waals surface area contributed by atoms with Gasteiger partial charge in [0.25, 0.3) is 0 Å². The van der Waals surface area contributed by atoms with Gasteiger partial charge in [-0.1, -0.05) is 90.5 Å². The van der Waals surface area contributed by atoms with Gasteiger partial charge in [-0.3, -0.25) is 4.79 Å². The molecule has 0 amide bonds. The molecule has 4 aromatic carbocycles. The number of ketones is 1. The number of aryl methyl sites for hydroxylation is 1. The molecular weight excluding hydrogens is 456 g/mol. The topological polar surface area (TPSA) is 50.4 Å². The summed E-state index contributed by atoms with van der Waals surface area (Å²) in [5.74, 6) is 1.10. The fourth-order valence-corrected chi connectivity index (χ4v) is 5.39. The molecule has 0 bridgehead atoms. The van der Waals surface area contributed by atoms with Gasteiger partial charge in [-0.05, 0) is 48.6 Å². The highest BCUT2D eigenvalue weighted by Crippen LogP contribution is 2.45. The Bertz CT molecular complexity index is 1460. The SMILES string of the molecule is Cc1ccc([C@@H]2CC(=O)C3=C(C2)Nc2ccccc2N[C@H]3c2ccccc2OCc2ccccc2)cc1. The van der Waals surface area contributed by atoms with Crippen molar-refractivity contribution in [2.24, 2.45) is 0 Å². The number of para-hydroxylation sites is 3. The van der Waals surface area contributed by atoms with E-state index in [9.17, 15) is 4.79 Å². The summed E-state index contributed by atoms with van der Waals surface area (Å²) in [7, 11) is 0. The van der Waals surface area contributed by atoms with E-state index < -0.39 is 0 Å². The Labute approximate surface area is 218 Å².